The third kappa shape index (κ3) is 3.76. The highest BCUT2D eigenvalue weighted by atomic mass is 35.5. The predicted molar refractivity (Wildman–Crippen MR) is 118 cm³/mol. The number of halogens is 1. The van der Waals surface area contributed by atoms with Crippen molar-refractivity contribution in [3.8, 4) is 5.75 Å². The number of benzene rings is 2. The summed E-state index contributed by atoms with van der Waals surface area (Å²) in [5.41, 5.74) is 8.57. The van der Waals surface area contributed by atoms with Gasteiger partial charge in [-0.2, -0.15) is 4.98 Å². The van der Waals surface area contributed by atoms with E-state index in [9.17, 15) is 4.79 Å². The number of amides is 1. The van der Waals surface area contributed by atoms with Crippen LogP contribution < -0.4 is 15.8 Å². The summed E-state index contributed by atoms with van der Waals surface area (Å²) in [4.78, 5) is 16.9. The molecular formula is C21H20ClN5O2S. The van der Waals surface area contributed by atoms with E-state index in [-0.39, 0.29) is 0 Å². The van der Waals surface area contributed by atoms with E-state index in [4.69, 9.17) is 22.1 Å². The molecule has 0 unspecified atom stereocenters. The van der Waals surface area contributed by atoms with Gasteiger partial charge in [0.2, 0.25) is 17.0 Å². The number of fused-ring (bicyclic) bond motifs is 1. The maximum Gasteiger partial charge on any atom is 0.248 e. The Morgan fingerprint density at radius 3 is 2.73 bits per heavy atom. The molecule has 0 bridgehead atoms. The Balaban J connectivity index is 1.73. The van der Waals surface area contributed by atoms with Gasteiger partial charge in [0.1, 0.15) is 11.8 Å². The number of rotatable bonds is 6. The molecule has 30 heavy (non-hydrogen) atoms. The molecule has 0 fully saturated rings. The zero-order valence-corrected chi connectivity index (χ0v) is 18.0. The van der Waals surface area contributed by atoms with Crippen LogP contribution in [0.25, 0.3) is 0 Å². The van der Waals surface area contributed by atoms with Gasteiger partial charge in [-0.05, 0) is 24.6 Å². The summed E-state index contributed by atoms with van der Waals surface area (Å²) < 4.78 is 7.21. The molecule has 1 aliphatic rings. The minimum Gasteiger partial charge on any atom is -0.496 e. The Morgan fingerprint density at radius 2 is 2.00 bits per heavy atom. The Bertz CT molecular complexity index is 1140. The van der Waals surface area contributed by atoms with E-state index >= 15 is 0 Å². The average molecular weight is 442 g/mol. The molecule has 154 valence electrons. The third-order valence-electron chi connectivity index (χ3n) is 4.85. The van der Waals surface area contributed by atoms with Crippen molar-refractivity contribution in [3.05, 3.63) is 76.0 Å². The Morgan fingerprint density at radius 1 is 1.27 bits per heavy atom. The molecule has 0 radical (unpaired) electrons. The molecule has 1 amide bonds. The van der Waals surface area contributed by atoms with Crippen molar-refractivity contribution in [2.75, 3.05) is 12.4 Å². The average Bonchev–Trinajstić information content (AvgIpc) is 3.14. The number of hydrogen-bond donors (Lipinski definition) is 2. The van der Waals surface area contributed by atoms with E-state index in [1.54, 1.807) is 18.7 Å². The monoisotopic (exact) mass is 441 g/mol. The molecule has 0 saturated heterocycles. The van der Waals surface area contributed by atoms with Crippen molar-refractivity contribution >= 4 is 35.2 Å². The number of allylic oxidation sites excluding steroid dienone is 1. The van der Waals surface area contributed by atoms with Gasteiger partial charge in [-0.25, -0.2) is 4.68 Å². The van der Waals surface area contributed by atoms with Gasteiger partial charge in [0.05, 0.1) is 12.7 Å². The van der Waals surface area contributed by atoms with Gasteiger partial charge in [0.25, 0.3) is 0 Å². The highest BCUT2D eigenvalue weighted by Crippen LogP contribution is 2.39. The van der Waals surface area contributed by atoms with Crippen molar-refractivity contribution < 1.29 is 9.53 Å². The van der Waals surface area contributed by atoms with E-state index in [0.717, 1.165) is 11.1 Å². The number of carbonyl (C=O) groups is 1. The highest BCUT2D eigenvalue weighted by molar-refractivity contribution is 7.98. The first kappa shape index (κ1) is 20.3. The number of primary amides is 1. The van der Waals surface area contributed by atoms with Gasteiger partial charge in [0.15, 0.2) is 0 Å². The second kappa shape index (κ2) is 8.41. The Kier molecular flexibility index (Phi) is 5.69. The van der Waals surface area contributed by atoms with Crippen molar-refractivity contribution in [2.24, 2.45) is 5.73 Å². The normalized spacial score (nSPS) is 15.5. The fraction of sp³-hybridized carbons (Fsp3) is 0.190. The van der Waals surface area contributed by atoms with Gasteiger partial charge >= 0.3 is 0 Å². The highest BCUT2D eigenvalue weighted by Gasteiger charge is 2.34. The van der Waals surface area contributed by atoms with E-state index in [1.807, 2.05) is 48.5 Å². The number of nitrogens with zero attached hydrogens (tertiary/aromatic N) is 3. The third-order valence-corrected chi connectivity index (χ3v) is 6.10. The Labute approximate surface area is 183 Å². The molecule has 3 aromatic rings. The number of nitrogens with two attached hydrogens (primary N) is 1. The maximum atomic E-state index is 12.3. The number of nitrogens with one attached hydrogen (secondary N) is 1. The van der Waals surface area contributed by atoms with Crippen LogP contribution in [-0.2, 0) is 10.5 Å². The first-order valence-corrected chi connectivity index (χ1v) is 10.6. The topological polar surface area (TPSA) is 95.1 Å². The molecule has 4 rings (SSSR count). The van der Waals surface area contributed by atoms with E-state index in [0.29, 0.717) is 38.9 Å². The minimum atomic E-state index is -0.544. The lowest BCUT2D eigenvalue weighted by atomic mass is 9.94. The molecule has 3 N–H and O–H groups in total. The van der Waals surface area contributed by atoms with Crippen LogP contribution in [0.5, 0.6) is 5.75 Å². The molecule has 0 saturated carbocycles. The summed E-state index contributed by atoms with van der Waals surface area (Å²) in [7, 11) is 1.59. The van der Waals surface area contributed by atoms with Crippen LogP contribution in [0.4, 0.5) is 5.95 Å². The molecule has 0 aliphatic carbocycles. The number of ether oxygens (including phenoxy) is 1. The molecule has 2 aromatic carbocycles. The fourth-order valence-corrected chi connectivity index (χ4v) is 4.56. The van der Waals surface area contributed by atoms with Crippen molar-refractivity contribution in [1.29, 1.82) is 0 Å². The molecule has 1 aliphatic heterocycles. The van der Waals surface area contributed by atoms with Crippen LogP contribution in [0.2, 0.25) is 5.02 Å². The largest absolute Gasteiger partial charge is 0.496 e. The SMILES string of the molecule is COc1ccccc1[C@H]1C(C(N)=O)=C(C)Nc2nc(SCc3ccccc3Cl)nn21. The van der Waals surface area contributed by atoms with Crippen LogP contribution in [0, 0.1) is 0 Å². The first-order valence-electron chi connectivity index (χ1n) is 9.23. The standard InChI is InChI=1S/C21H20ClN5O2S/c1-12-17(19(23)28)18(14-8-4-6-10-16(14)29-2)27-20(24-12)25-21(26-27)30-11-13-7-3-5-9-15(13)22/h3-10,18H,11H2,1-2H3,(H2,23,28)(H,24,25,26)/t18-/m0/s1. The van der Waals surface area contributed by atoms with Gasteiger partial charge < -0.3 is 15.8 Å². The minimum absolute atomic E-state index is 0.416. The molecular weight excluding hydrogens is 422 g/mol. The molecule has 1 atom stereocenters. The summed E-state index contributed by atoms with van der Waals surface area (Å²) in [6.07, 6.45) is 0. The molecule has 1 aromatic heterocycles. The number of carbonyl (C=O) groups excluding carboxylic acids is 1. The van der Waals surface area contributed by atoms with Crippen LogP contribution in [0.1, 0.15) is 24.1 Å². The number of thioether (sulfide) groups is 1. The summed E-state index contributed by atoms with van der Waals surface area (Å²) in [5.74, 6) is 1.28. The number of hydrogen-bond acceptors (Lipinski definition) is 6. The zero-order chi connectivity index (χ0) is 21.3. The Hall–Kier alpha value is -2.97. The number of methoxy groups -OCH3 is 1. The molecule has 0 spiro atoms. The summed E-state index contributed by atoms with van der Waals surface area (Å²) in [5, 5.41) is 9.07. The van der Waals surface area contributed by atoms with Crippen LogP contribution >= 0.6 is 23.4 Å². The zero-order valence-electron chi connectivity index (χ0n) is 16.4. The lowest BCUT2D eigenvalue weighted by Crippen LogP contribution is -2.32. The van der Waals surface area contributed by atoms with Gasteiger partial charge in [-0.1, -0.05) is 59.8 Å². The number of anilines is 1. The van der Waals surface area contributed by atoms with Crippen LogP contribution in [0.15, 0.2) is 65.0 Å². The molecule has 2 heterocycles. The number of aromatic nitrogens is 3. The molecule has 9 heteroatoms. The maximum absolute atomic E-state index is 12.3. The smallest absolute Gasteiger partial charge is 0.248 e. The van der Waals surface area contributed by atoms with Gasteiger partial charge in [0, 0.05) is 22.0 Å². The summed E-state index contributed by atoms with van der Waals surface area (Å²) in [6, 6.07) is 14.6. The van der Waals surface area contributed by atoms with Gasteiger partial charge in [-0.3, -0.25) is 4.79 Å². The summed E-state index contributed by atoms with van der Waals surface area (Å²) >= 11 is 7.72. The molecule has 7 nitrogen and oxygen atoms in total. The van der Waals surface area contributed by atoms with Gasteiger partial charge in [-0.15, -0.1) is 5.10 Å². The second-order valence-corrected chi connectivity index (χ2v) is 8.06. The fourth-order valence-electron chi connectivity index (χ4n) is 3.45. The lowest BCUT2D eigenvalue weighted by Gasteiger charge is -2.28. The number of para-hydroxylation sites is 1. The van der Waals surface area contributed by atoms with Crippen LogP contribution in [0.3, 0.4) is 0 Å². The first-order chi connectivity index (χ1) is 14.5. The van der Waals surface area contributed by atoms with E-state index in [2.05, 4.69) is 15.4 Å². The van der Waals surface area contributed by atoms with Crippen molar-refractivity contribution in [1.82, 2.24) is 14.8 Å². The van der Waals surface area contributed by atoms with E-state index in [1.165, 1.54) is 11.8 Å². The quantitative estimate of drug-likeness (QED) is 0.561. The predicted octanol–water partition coefficient (Wildman–Crippen LogP) is 4.01. The van der Waals surface area contributed by atoms with Crippen molar-refractivity contribution in [2.45, 2.75) is 23.9 Å². The summed E-state index contributed by atoms with van der Waals surface area (Å²) in [6.45, 7) is 1.80. The van der Waals surface area contributed by atoms with Crippen LogP contribution in [-0.4, -0.2) is 27.8 Å². The lowest BCUT2D eigenvalue weighted by molar-refractivity contribution is -0.115. The van der Waals surface area contributed by atoms with Crippen molar-refractivity contribution in [3.63, 3.8) is 0 Å². The van der Waals surface area contributed by atoms with E-state index < -0.39 is 11.9 Å². The second-order valence-electron chi connectivity index (χ2n) is 6.72.